The van der Waals surface area contributed by atoms with Crippen LogP contribution in [0.2, 0.25) is 0 Å². The number of aliphatic hydroxyl groups excluding tert-OH is 1. The number of aliphatic hydroxyl groups is 1. The highest BCUT2D eigenvalue weighted by molar-refractivity contribution is 7.22. The first-order valence-corrected chi connectivity index (χ1v) is 12.7. The van der Waals surface area contributed by atoms with E-state index in [2.05, 4.69) is 4.98 Å². The first-order valence-electron chi connectivity index (χ1n) is 11.9. The number of fused-ring (bicyclic) bond motifs is 1. The van der Waals surface area contributed by atoms with Gasteiger partial charge in [0.1, 0.15) is 11.5 Å². The molecule has 0 saturated carbocycles. The van der Waals surface area contributed by atoms with E-state index in [9.17, 15) is 24.8 Å². The minimum Gasteiger partial charge on any atom is -0.507 e. The number of carbonyl (C=O) groups excluding carboxylic acids is 2. The number of Topliss-reactive ketones (excluding diaryl/α,β-unsaturated/α-hetero) is 1. The van der Waals surface area contributed by atoms with Gasteiger partial charge >= 0.3 is 5.91 Å². The summed E-state index contributed by atoms with van der Waals surface area (Å²) in [4.78, 5) is 43.5. The zero-order chi connectivity index (χ0) is 27.1. The van der Waals surface area contributed by atoms with Gasteiger partial charge in [0.2, 0.25) is 0 Å². The second kappa shape index (κ2) is 9.71. The molecule has 1 atom stereocenters. The van der Waals surface area contributed by atoms with Crippen LogP contribution >= 0.6 is 11.3 Å². The van der Waals surface area contributed by atoms with Crippen LogP contribution in [0.5, 0.6) is 5.75 Å². The number of rotatable bonds is 6. The van der Waals surface area contributed by atoms with Crippen LogP contribution in [0.25, 0.3) is 16.0 Å². The van der Waals surface area contributed by atoms with Crippen molar-refractivity contribution in [3.05, 3.63) is 98.6 Å². The summed E-state index contributed by atoms with van der Waals surface area (Å²) >= 11 is 1.26. The Labute approximate surface area is 221 Å². The van der Waals surface area contributed by atoms with Crippen LogP contribution in [-0.2, 0) is 9.59 Å². The molecule has 0 spiro atoms. The third kappa shape index (κ3) is 4.28. The number of hydrogen-bond donors (Lipinski definition) is 1. The fourth-order valence-electron chi connectivity index (χ4n) is 4.62. The number of nitrogens with zero attached hydrogens (tertiary/aromatic N) is 3. The lowest BCUT2D eigenvalue weighted by Gasteiger charge is -2.22. The van der Waals surface area contributed by atoms with E-state index in [1.54, 1.807) is 24.3 Å². The Hall–Kier alpha value is -4.57. The molecule has 0 radical (unpaired) electrons. The SMILES string of the molecule is CCOc1ccc(C(O)=C2C(=O)C(=O)N(c3nc4c(C)cc(C)cc4s3)C2c2ccc([N+](=O)[O-])cc2)cc1. The monoisotopic (exact) mass is 529 g/mol. The molecule has 192 valence electrons. The van der Waals surface area contributed by atoms with Crippen molar-refractivity contribution in [3.63, 3.8) is 0 Å². The fraction of sp³-hybridized carbons (Fsp3) is 0.179. The van der Waals surface area contributed by atoms with E-state index in [1.165, 1.54) is 40.5 Å². The Morgan fingerprint density at radius 3 is 2.42 bits per heavy atom. The van der Waals surface area contributed by atoms with E-state index < -0.39 is 22.7 Å². The molecule has 10 heteroatoms. The number of nitro groups is 1. The van der Waals surface area contributed by atoms with Crippen LogP contribution in [0.1, 0.15) is 35.2 Å². The van der Waals surface area contributed by atoms with Gasteiger partial charge in [-0.15, -0.1) is 0 Å². The Balaban J connectivity index is 1.70. The van der Waals surface area contributed by atoms with Crippen molar-refractivity contribution >= 4 is 49.8 Å². The van der Waals surface area contributed by atoms with E-state index in [0.717, 1.165) is 15.8 Å². The third-order valence-electron chi connectivity index (χ3n) is 6.33. The van der Waals surface area contributed by atoms with Gasteiger partial charge in [-0.25, -0.2) is 4.98 Å². The van der Waals surface area contributed by atoms with Crippen molar-refractivity contribution in [3.8, 4) is 5.75 Å². The highest BCUT2D eigenvalue weighted by atomic mass is 32.1. The topological polar surface area (TPSA) is 123 Å². The molecule has 3 aromatic carbocycles. The van der Waals surface area contributed by atoms with Crippen molar-refractivity contribution in [1.82, 2.24) is 4.98 Å². The van der Waals surface area contributed by atoms with Crippen LogP contribution in [0.15, 0.2) is 66.2 Å². The maximum absolute atomic E-state index is 13.4. The van der Waals surface area contributed by atoms with Crippen LogP contribution in [0.3, 0.4) is 0 Å². The molecule has 5 rings (SSSR count). The summed E-state index contributed by atoms with van der Waals surface area (Å²) in [6.07, 6.45) is 0. The largest absolute Gasteiger partial charge is 0.507 e. The number of thiazole rings is 1. The van der Waals surface area contributed by atoms with Gasteiger partial charge in [-0.2, -0.15) is 0 Å². The van der Waals surface area contributed by atoms with Gasteiger partial charge in [0.15, 0.2) is 5.13 Å². The van der Waals surface area contributed by atoms with Gasteiger partial charge < -0.3 is 9.84 Å². The standard InChI is InChI=1S/C28H23N3O6S/c1-4-37-20-11-7-18(8-12-20)25(32)22-24(17-5-9-19(10-6-17)31(35)36)30(27(34)26(22)33)28-29-23-16(3)13-15(2)14-21(23)38-28/h5-14,24,32H,4H2,1-3H3. The maximum Gasteiger partial charge on any atom is 0.301 e. The lowest BCUT2D eigenvalue weighted by Crippen LogP contribution is -2.29. The van der Waals surface area contributed by atoms with E-state index in [0.29, 0.717) is 34.1 Å². The van der Waals surface area contributed by atoms with E-state index in [4.69, 9.17) is 4.74 Å². The molecular formula is C28H23N3O6S. The Kier molecular flexibility index (Phi) is 6.41. The molecule has 1 fully saturated rings. The summed E-state index contributed by atoms with van der Waals surface area (Å²) in [6, 6.07) is 15.0. The summed E-state index contributed by atoms with van der Waals surface area (Å²) in [7, 11) is 0. The van der Waals surface area contributed by atoms with Crippen LogP contribution in [-0.4, -0.2) is 33.3 Å². The zero-order valence-corrected chi connectivity index (χ0v) is 21.6. The smallest absolute Gasteiger partial charge is 0.301 e. The fourth-order valence-corrected chi connectivity index (χ4v) is 5.79. The number of benzene rings is 3. The molecule has 4 aromatic rings. The van der Waals surface area contributed by atoms with Crippen molar-refractivity contribution < 1.29 is 24.4 Å². The van der Waals surface area contributed by atoms with E-state index in [-0.39, 0.29) is 17.0 Å². The predicted octanol–water partition coefficient (Wildman–Crippen LogP) is 5.85. The average molecular weight is 530 g/mol. The number of aromatic nitrogens is 1. The first kappa shape index (κ1) is 25.1. The lowest BCUT2D eigenvalue weighted by molar-refractivity contribution is -0.384. The Morgan fingerprint density at radius 2 is 1.79 bits per heavy atom. The molecule has 9 nitrogen and oxygen atoms in total. The van der Waals surface area contributed by atoms with Crippen molar-refractivity contribution in [1.29, 1.82) is 0 Å². The molecule has 1 N–H and O–H groups in total. The molecule has 1 aromatic heterocycles. The number of anilines is 1. The normalized spacial score (nSPS) is 16.8. The van der Waals surface area contributed by atoms with Crippen LogP contribution in [0.4, 0.5) is 10.8 Å². The van der Waals surface area contributed by atoms with Crippen molar-refractivity contribution in [2.75, 3.05) is 11.5 Å². The quantitative estimate of drug-likeness (QED) is 0.109. The summed E-state index contributed by atoms with van der Waals surface area (Å²) in [6.45, 7) is 6.21. The highest BCUT2D eigenvalue weighted by Gasteiger charge is 2.48. The number of ether oxygens (including phenoxy) is 1. The zero-order valence-electron chi connectivity index (χ0n) is 20.8. The molecule has 38 heavy (non-hydrogen) atoms. The molecule has 2 heterocycles. The Bertz CT molecular complexity index is 1620. The summed E-state index contributed by atoms with van der Waals surface area (Å²) in [5.74, 6) is -1.47. The van der Waals surface area contributed by atoms with Crippen molar-refractivity contribution in [2.45, 2.75) is 26.8 Å². The molecule has 1 unspecified atom stereocenters. The molecule has 1 aliphatic heterocycles. The number of amides is 1. The second-order valence-electron chi connectivity index (χ2n) is 8.90. The molecular weight excluding hydrogens is 506 g/mol. The number of non-ortho nitro benzene ring substituents is 1. The maximum atomic E-state index is 13.4. The van der Waals surface area contributed by atoms with Gasteiger partial charge in [0.05, 0.1) is 33.4 Å². The molecule has 1 saturated heterocycles. The van der Waals surface area contributed by atoms with E-state index >= 15 is 0 Å². The van der Waals surface area contributed by atoms with Gasteiger partial charge in [-0.3, -0.25) is 24.6 Å². The lowest BCUT2D eigenvalue weighted by atomic mass is 9.95. The average Bonchev–Trinajstić information content (AvgIpc) is 3.43. The van der Waals surface area contributed by atoms with Crippen LogP contribution in [0, 0.1) is 24.0 Å². The summed E-state index contributed by atoms with van der Waals surface area (Å²) in [5, 5.41) is 22.8. The van der Waals surface area contributed by atoms with Crippen LogP contribution < -0.4 is 9.64 Å². The van der Waals surface area contributed by atoms with Gasteiger partial charge in [0.25, 0.3) is 11.5 Å². The number of carbonyl (C=O) groups is 2. The number of ketones is 1. The minimum atomic E-state index is -1.04. The summed E-state index contributed by atoms with van der Waals surface area (Å²) in [5.41, 5.74) is 3.17. The van der Waals surface area contributed by atoms with Crippen molar-refractivity contribution in [2.24, 2.45) is 0 Å². The van der Waals surface area contributed by atoms with Gasteiger partial charge in [0, 0.05) is 17.7 Å². The Morgan fingerprint density at radius 1 is 1.11 bits per heavy atom. The second-order valence-corrected chi connectivity index (χ2v) is 9.91. The number of aryl methyl sites for hydroxylation is 2. The first-order chi connectivity index (χ1) is 18.2. The third-order valence-corrected chi connectivity index (χ3v) is 7.33. The van der Waals surface area contributed by atoms with Gasteiger partial charge in [-0.1, -0.05) is 17.4 Å². The van der Waals surface area contributed by atoms with E-state index in [1.807, 2.05) is 32.9 Å². The minimum absolute atomic E-state index is 0.125. The molecule has 0 aliphatic carbocycles. The predicted molar refractivity (Wildman–Crippen MR) is 145 cm³/mol. The number of hydrogen-bond acceptors (Lipinski definition) is 8. The molecule has 1 aliphatic rings. The summed E-state index contributed by atoms with van der Waals surface area (Å²) < 4.78 is 6.31. The van der Waals surface area contributed by atoms with Gasteiger partial charge in [-0.05, 0) is 79.9 Å². The molecule has 1 amide bonds. The highest BCUT2D eigenvalue weighted by Crippen LogP contribution is 2.45. The molecule has 0 bridgehead atoms. The number of nitro benzene ring substituents is 1.